The first-order chi connectivity index (χ1) is 12.9. The van der Waals surface area contributed by atoms with Crippen LogP contribution in [0.3, 0.4) is 0 Å². The van der Waals surface area contributed by atoms with Gasteiger partial charge in [-0.15, -0.1) is 0 Å². The first-order valence-electron chi connectivity index (χ1n) is 8.89. The van der Waals surface area contributed by atoms with Gasteiger partial charge in [-0.3, -0.25) is 4.55 Å². The van der Waals surface area contributed by atoms with Crippen LogP contribution in [-0.2, 0) is 16.5 Å². The van der Waals surface area contributed by atoms with E-state index in [0.717, 1.165) is 24.1 Å². The minimum atomic E-state index is -4.06. The molecule has 2 aromatic carbocycles. The Morgan fingerprint density at radius 1 is 1.15 bits per heavy atom. The van der Waals surface area contributed by atoms with Crippen LogP contribution in [0.25, 0.3) is 0 Å². The number of anilines is 1. The van der Waals surface area contributed by atoms with Crippen LogP contribution < -0.4 is 4.90 Å². The fourth-order valence-corrected chi connectivity index (χ4v) is 3.58. The summed E-state index contributed by atoms with van der Waals surface area (Å²) in [6.45, 7) is 2.60. The average Bonchev–Trinajstić information content (AvgIpc) is 2.65. The van der Waals surface area contributed by atoms with Crippen LogP contribution in [0.15, 0.2) is 52.7 Å². The van der Waals surface area contributed by atoms with E-state index < -0.39 is 15.4 Å². The largest absolute Gasteiger partial charge is 0.506 e. The molecule has 8 heteroatoms. The molecule has 0 fully saturated rings. The normalized spacial score (nSPS) is 15.7. The molecule has 1 aliphatic heterocycles. The third kappa shape index (κ3) is 4.64. The van der Waals surface area contributed by atoms with Gasteiger partial charge in [-0.2, -0.15) is 18.6 Å². The fraction of sp³-hybridized carbons (Fsp3) is 0.368. The van der Waals surface area contributed by atoms with E-state index in [4.69, 9.17) is 4.55 Å². The summed E-state index contributed by atoms with van der Waals surface area (Å²) in [5.41, 5.74) is 3.02. The van der Waals surface area contributed by atoms with Crippen molar-refractivity contribution in [2.45, 2.75) is 31.4 Å². The highest BCUT2D eigenvalue weighted by Crippen LogP contribution is 2.41. The first-order valence-corrected chi connectivity index (χ1v) is 10.4. The Hall–Kier alpha value is -2.45. The molecule has 1 heterocycles. The zero-order valence-corrected chi connectivity index (χ0v) is 15.9. The van der Waals surface area contributed by atoms with E-state index in [1.54, 1.807) is 12.1 Å². The van der Waals surface area contributed by atoms with Crippen molar-refractivity contribution in [1.29, 1.82) is 0 Å². The molecular formula is C19H23N3O4S. The number of rotatable bonds is 6. The second kappa shape index (κ2) is 8.06. The Morgan fingerprint density at radius 2 is 1.89 bits per heavy atom. The molecule has 7 nitrogen and oxygen atoms in total. The van der Waals surface area contributed by atoms with Crippen LogP contribution in [-0.4, -0.2) is 36.4 Å². The van der Waals surface area contributed by atoms with E-state index >= 15 is 0 Å². The van der Waals surface area contributed by atoms with Crippen molar-refractivity contribution in [2.24, 2.45) is 10.2 Å². The fourth-order valence-electron chi connectivity index (χ4n) is 3.18. The van der Waals surface area contributed by atoms with Crippen LogP contribution >= 0.6 is 0 Å². The van der Waals surface area contributed by atoms with Crippen molar-refractivity contribution >= 4 is 27.2 Å². The number of hydrogen-bond donors (Lipinski definition) is 2. The van der Waals surface area contributed by atoms with Gasteiger partial charge in [0, 0.05) is 18.7 Å². The van der Waals surface area contributed by atoms with Gasteiger partial charge in [-0.05, 0) is 50.5 Å². The van der Waals surface area contributed by atoms with Crippen molar-refractivity contribution in [1.82, 2.24) is 0 Å². The quantitative estimate of drug-likeness (QED) is 0.569. The smallest absolute Gasteiger partial charge is 0.267 e. The molecule has 144 valence electrons. The lowest BCUT2D eigenvalue weighted by Crippen LogP contribution is -2.33. The summed E-state index contributed by atoms with van der Waals surface area (Å²) in [5, 5.41) is 18.1. The number of phenolic OH excluding ortho intramolecular Hbond substituents is 1. The molecule has 0 amide bonds. The summed E-state index contributed by atoms with van der Waals surface area (Å²) in [6.07, 6.45) is 1.90. The van der Waals surface area contributed by atoms with Gasteiger partial charge in [0.1, 0.15) is 5.75 Å². The summed E-state index contributed by atoms with van der Waals surface area (Å²) in [7, 11) is -4.06. The number of azo groups is 1. The monoisotopic (exact) mass is 389 g/mol. The molecule has 1 atom stereocenters. The molecule has 0 aromatic heterocycles. The lowest BCUT2D eigenvalue weighted by atomic mass is 9.98. The zero-order chi connectivity index (χ0) is 19.4. The number of nitrogens with zero attached hydrogens (tertiary/aromatic N) is 3. The molecule has 2 N–H and O–H groups in total. The van der Waals surface area contributed by atoms with Crippen molar-refractivity contribution < 1.29 is 18.1 Å². The molecule has 0 bridgehead atoms. The van der Waals surface area contributed by atoms with Crippen LogP contribution in [0.4, 0.5) is 17.1 Å². The highest BCUT2D eigenvalue weighted by molar-refractivity contribution is 7.86. The molecule has 0 radical (unpaired) electrons. The standard InChI is InChI=1S/C19H23N3O4S/c1-14(27(24,25)26)11-13-22-12-5-8-16-17(9-10-18(23)19(16)22)21-20-15-6-3-2-4-7-15/h2-4,6-7,9-10,14,23H,5,8,11-13H2,1H3,(H,24,25,26). The van der Waals surface area contributed by atoms with Gasteiger partial charge in [-0.1, -0.05) is 18.2 Å². The van der Waals surface area contributed by atoms with Gasteiger partial charge in [0.15, 0.2) is 0 Å². The maximum absolute atomic E-state index is 11.3. The van der Waals surface area contributed by atoms with Crippen molar-refractivity contribution in [3.8, 4) is 5.75 Å². The summed E-state index contributed by atoms with van der Waals surface area (Å²) in [4.78, 5) is 1.96. The second-order valence-electron chi connectivity index (χ2n) is 6.67. The molecule has 27 heavy (non-hydrogen) atoms. The van der Waals surface area contributed by atoms with Gasteiger partial charge in [0.2, 0.25) is 0 Å². The predicted octanol–water partition coefficient (Wildman–Crippen LogP) is 4.23. The summed E-state index contributed by atoms with van der Waals surface area (Å²) in [5.74, 6) is 0.142. The van der Waals surface area contributed by atoms with Gasteiger partial charge in [-0.25, -0.2) is 0 Å². The Balaban J connectivity index is 1.86. The molecule has 1 aliphatic rings. The summed E-state index contributed by atoms with van der Waals surface area (Å²) < 4.78 is 31.7. The van der Waals surface area contributed by atoms with Crippen molar-refractivity contribution in [2.75, 3.05) is 18.0 Å². The van der Waals surface area contributed by atoms with Crippen molar-refractivity contribution in [3.63, 3.8) is 0 Å². The summed E-state index contributed by atoms with van der Waals surface area (Å²) >= 11 is 0. The van der Waals surface area contributed by atoms with E-state index in [1.807, 2.05) is 35.2 Å². The maximum atomic E-state index is 11.3. The van der Waals surface area contributed by atoms with Crippen LogP contribution in [0.1, 0.15) is 25.3 Å². The van der Waals surface area contributed by atoms with Gasteiger partial charge in [0.25, 0.3) is 10.1 Å². The Labute approximate surface area is 159 Å². The molecule has 3 rings (SSSR count). The van der Waals surface area contributed by atoms with Gasteiger partial charge >= 0.3 is 0 Å². The van der Waals surface area contributed by atoms with Crippen LogP contribution in [0.2, 0.25) is 0 Å². The lowest BCUT2D eigenvalue weighted by molar-refractivity contribution is 0.462. The number of benzene rings is 2. The lowest BCUT2D eigenvalue weighted by Gasteiger charge is -2.33. The number of hydrogen-bond acceptors (Lipinski definition) is 6. The molecule has 2 aromatic rings. The van der Waals surface area contributed by atoms with E-state index in [-0.39, 0.29) is 12.2 Å². The van der Waals surface area contributed by atoms with E-state index in [0.29, 0.717) is 24.5 Å². The minimum Gasteiger partial charge on any atom is -0.506 e. The van der Waals surface area contributed by atoms with E-state index in [9.17, 15) is 13.5 Å². The molecule has 0 spiro atoms. The number of aromatic hydroxyl groups is 1. The minimum absolute atomic E-state index is 0.142. The zero-order valence-electron chi connectivity index (χ0n) is 15.1. The third-order valence-electron chi connectivity index (χ3n) is 4.75. The topological polar surface area (TPSA) is 103 Å². The maximum Gasteiger partial charge on any atom is 0.267 e. The van der Waals surface area contributed by atoms with Gasteiger partial charge < -0.3 is 10.0 Å². The molecular weight excluding hydrogens is 366 g/mol. The molecule has 0 aliphatic carbocycles. The summed E-state index contributed by atoms with van der Waals surface area (Å²) in [6, 6.07) is 12.7. The highest BCUT2D eigenvalue weighted by Gasteiger charge is 2.25. The molecule has 0 saturated heterocycles. The highest BCUT2D eigenvalue weighted by atomic mass is 32.2. The van der Waals surface area contributed by atoms with Gasteiger partial charge in [0.05, 0.1) is 22.3 Å². The van der Waals surface area contributed by atoms with Crippen LogP contribution in [0.5, 0.6) is 5.75 Å². The van der Waals surface area contributed by atoms with E-state index in [1.165, 1.54) is 6.92 Å². The predicted molar refractivity (Wildman–Crippen MR) is 105 cm³/mol. The van der Waals surface area contributed by atoms with E-state index in [2.05, 4.69) is 10.2 Å². The SMILES string of the molecule is CC(CCN1CCCc2c(N=Nc3ccccc3)ccc(O)c21)S(=O)(=O)O. The Morgan fingerprint density at radius 3 is 2.59 bits per heavy atom. The number of fused-ring (bicyclic) bond motifs is 1. The molecule has 0 saturated carbocycles. The average molecular weight is 389 g/mol. The third-order valence-corrected chi connectivity index (χ3v) is 6.00. The molecule has 1 unspecified atom stereocenters. The van der Waals surface area contributed by atoms with Crippen molar-refractivity contribution in [3.05, 3.63) is 48.0 Å². The second-order valence-corrected chi connectivity index (χ2v) is 8.51. The first kappa shape index (κ1) is 19.3. The number of phenols is 1. The Kier molecular flexibility index (Phi) is 5.76. The van der Waals surface area contributed by atoms with Crippen LogP contribution in [0, 0.1) is 0 Å². The Bertz CT molecular complexity index is 929.